The van der Waals surface area contributed by atoms with Crippen molar-refractivity contribution in [2.45, 2.75) is 25.2 Å². The Hall–Kier alpha value is -2.10. The van der Waals surface area contributed by atoms with E-state index in [1.165, 1.54) is 17.7 Å². The largest absolute Gasteiger partial charge is 0.396 e. The van der Waals surface area contributed by atoms with Crippen molar-refractivity contribution >= 4 is 11.5 Å². The summed E-state index contributed by atoms with van der Waals surface area (Å²) in [6.07, 6.45) is 2.79. The summed E-state index contributed by atoms with van der Waals surface area (Å²) in [4.78, 5) is 4.35. The Morgan fingerprint density at radius 2 is 1.89 bits per heavy atom. The lowest BCUT2D eigenvalue weighted by Gasteiger charge is -2.25. The third kappa shape index (κ3) is 2.26. The maximum absolute atomic E-state index is 12.9. The minimum absolute atomic E-state index is 0.196. The molecule has 2 aromatic rings. The molecule has 3 rings (SSSR count). The summed E-state index contributed by atoms with van der Waals surface area (Å²) in [5, 5.41) is 0. The fourth-order valence-corrected chi connectivity index (χ4v) is 2.72. The number of benzene rings is 1. The first kappa shape index (κ1) is 12.0. The summed E-state index contributed by atoms with van der Waals surface area (Å²) in [7, 11) is 0. The number of nitrogens with zero attached hydrogens (tertiary/aromatic N) is 1. The van der Waals surface area contributed by atoms with E-state index in [0.717, 1.165) is 30.5 Å². The average Bonchev–Trinajstić information content (AvgIpc) is 2.40. The fraction of sp³-hybridized carbons (Fsp3) is 0.267. The molecule has 19 heavy (non-hydrogen) atoms. The van der Waals surface area contributed by atoms with Crippen LogP contribution in [0, 0.1) is 5.82 Å². The van der Waals surface area contributed by atoms with Gasteiger partial charge in [-0.3, -0.25) is 0 Å². The number of fused-ring (bicyclic) bond motifs is 1. The molecule has 0 fully saturated rings. The first-order chi connectivity index (χ1) is 9.13. The molecule has 0 saturated heterocycles. The van der Waals surface area contributed by atoms with Crippen LogP contribution in [0.25, 0.3) is 0 Å². The molecule has 1 unspecified atom stereocenters. The summed E-state index contributed by atoms with van der Waals surface area (Å²) in [6, 6.07) is 8.67. The van der Waals surface area contributed by atoms with Gasteiger partial charge in [0.2, 0.25) is 0 Å². The second kappa shape index (κ2) is 4.53. The number of anilines is 2. The predicted molar refractivity (Wildman–Crippen MR) is 74.2 cm³/mol. The summed E-state index contributed by atoms with van der Waals surface area (Å²) in [5.74, 6) is 0.621. The van der Waals surface area contributed by atoms with Gasteiger partial charge in [0.1, 0.15) is 11.6 Å². The van der Waals surface area contributed by atoms with E-state index in [9.17, 15) is 4.39 Å². The van der Waals surface area contributed by atoms with Crippen LogP contribution in [0.2, 0.25) is 0 Å². The van der Waals surface area contributed by atoms with Crippen LogP contribution in [-0.4, -0.2) is 4.98 Å². The minimum Gasteiger partial charge on any atom is -0.396 e. The van der Waals surface area contributed by atoms with Crippen LogP contribution in [-0.2, 0) is 12.8 Å². The quantitative estimate of drug-likeness (QED) is 0.825. The van der Waals surface area contributed by atoms with Crippen molar-refractivity contribution in [1.82, 2.24) is 4.98 Å². The van der Waals surface area contributed by atoms with Crippen LogP contribution in [0.4, 0.5) is 15.9 Å². The highest BCUT2D eigenvalue weighted by Crippen LogP contribution is 2.33. The lowest BCUT2D eigenvalue weighted by Crippen LogP contribution is -2.16. The molecule has 1 aliphatic carbocycles. The van der Waals surface area contributed by atoms with E-state index in [4.69, 9.17) is 11.5 Å². The Kier molecular flexibility index (Phi) is 2.85. The number of nitrogen functional groups attached to an aromatic ring is 2. The second-order valence-electron chi connectivity index (χ2n) is 5.06. The second-order valence-corrected chi connectivity index (χ2v) is 5.06. The number of hydrogen-bond acceptors (Lipinski definition) is 3. The van der Waals surface area contributed by atoms with E-state index in [-0.39, 0.29) is 5.82 Å². The third-order valence-electron chi connectivity index (χ3n) is 3.79. The summed E-state index contributed by atoms with van der Waals surface area (Å²) in [6.45, 7) is 0. The van der Waals surface area contributed by atoms with Gasteiger partial charge in [0, 0.05) is 5.69 Å². The SMILES string of the molecule is Nc1cc2c(nc1N)CCC(c1ccc(F)cc1)C2. The third-order valence-corrected chi connectivity index (χ3v) is 3.79. The van der Waals surface area contributed by atoms with Crippen LogP contribution >= 0.6 is 0 Å². The molecule has 0 amide bonds. The van der Waals surface area contributed by atoms with E-state index in [0.29, 0.717) is 17.4 Å². The molecular weight excluding hydrogens is 241 g/mol. The zero-order chi connectivity index (χ0) is 13.4. The summed E-state index contributed by atoms with van der Waals surface area (Å²) < 4.78 is 12.9. The van der Waals surface area contributed by atoms with Crippen LogP contribution < -0.4 is 11.5 Å². The number of aromatic nitrogens is 1. The Balaban J connectivity index is 1.89. The van der Waals surface area contributed by atoms with Gasteiger partial charge in [-0.2, -0.15) is 0 Å². The van der Waals surface area contributed by atoms with Crippen molar-refractivity contribution in [2.24, 2.45) is 0 Å². The predicted octanol–water partition coefficient (Wildman–Crippen LogP) is 2.66. The minimum atomic E-state index is -0.196. The molecular formula is C15H16FN3. The van der Waals surface area contributed by atoms with Crippen LogP contribution in [0.15, 0.2) is 30.3 Å². The van der Waals surface area contributed by atoms with E-state index in [1.807, 2.05) is 18.2 Å². The lowest BCUT2D eigenvalue weighted by atomic mass is 9.82. The Morgan fingerprint density at radius 3 is 2.63 bits per heavy atom. The lowest BCUT2D eigenvalue weighted by molar-refractivity contribution is 0.571. The molecule has 0 aliphatic heterocycles. The van der Waals surface area contributed by atoms with Gasteiger partial charge in [0.25, 0.3) is 0 Å². The van der Waals surface area contributed by atoms with E-state index < -0.39 is 0 Å². The van der Waals surface area contributed by atoms with Crippen molar-refractivity contribution in [3.8, 4) is 0 Å². The molecule has 4 N–H and O–H groups in total. The van der Waals surface area contributed by atoms with Crippen molar-refractivity contribution in [2.75, 3.05) is 11.5 Å². The first-order valence-corrected chi connectivity index (χ1v) is 6.42. The van der Waals surface area contributed by atoms with Crippen LogP contribution in [0.5, 0.6) is 0 Å². The topological polar surface area (TPSA) is 64.9 Å². The van der Waals surface area contributed by atoms with Gasteiger partial charge in [0.05, 0.1) is 5.69 Å². The highest BCUT2D eigenvalue weighted by atomic mass is 19.1. The highest BCUT2D eigenvalue weighted by molar-refractivity contribution is 5.60. The maximum Gasteiger partial charge on any atom is 0.146 e. The number of hydrogen-bond donors (Lipinski definition) is 2. The van der Waals surface area contributed by atoms with E-state index in [1.54, 1.807) is 0 Å². The van der Waals surface area contributed by atoms with E-state index >= 15 is 0 Å². The van der Waals surface area contributed by atoms with Crippen LogP contribution in [0.1, 0.15) is 29.2 Å². The normalized spacial score (nSPS) is 18.1. The molecule has 1 heterocycles. The number of rotatable bonds is 1. The average molecular weight is 257 g/mol. The molecule has 4 heteroatoms. The standard InChI is InChI=1S/C15H16FN3/c16-12-4-1-9(2-5-12)10-3-6-14-11(7-10)8-13(17)15(18)19-14/h1-2,4-5,8,10H,3,6-7,17H2,(H2,18,19). The molecule has 0 saturated carbocycles. The Bertz CT molecular complexity index is 608. The number of aryl methyl sites for hydroxylation is 1. The number of halogens is 1. The Labute approximate surface area is 111 Å². The van der Waals surface area contributed by atoms with E-state index in [2.05, 4.69) is 4.98 Å². The smallest absolute Gasteiger partial charge is 0.146 e. The molecule has 98 valence electrons. The first-order valence-electron chi connectivity index (χ1n) is 6.42. The Morgan fingerprint density at radius 1 is 1.16 bits per heavy atom. The molecule has 0 radical (unpaired) electrons. The molecule has 1 aliphatic rings. The number of nitrogens with two attached hydrogens (primary N) is 2. The zero-order valence-electron chi connectivity index (χ0n) is 10.6. The van der Waals surface area contributed by atoms with Crippen molar-refractivity contribution < 1.29 is 4.39 Å². The monoisotopic (exact) mass is 257 g/mol. The van der Waals surface area contributed by atoms with Gasteiger partial charge >= 0.3 is 0 Å². The van der Waals surface area contributed by atoms with Gasteiger partial charge in [-0.15, -0.1) is 0 Å². The highest BCUT2D eigenvalue weighted by Gasteiger charge is 2.22. The van der Waals surface area contributed by atoms with Crippen molar-refractivity contribution in [3.63, 3.8) is 0 Å². The fourth-order valence-electron chi connectivity index (χ4n) is 2.72. The molecule has 1 atom stereocenters. The molecule has 1 aromatic carbocycles. The maximum atomic E-state index is 12.9. The van der Waals surface area contributed by atoms with Crippen LogP contribution in [0.3, 0.4) is 0 Å². The molecule has 1 aromatic heterocycles. The van der Waals surface area contributed by atoms with Crippen molar-refractivity contribution in [1.29, 1.82) is 0 Å². The van der Waals surface area contributed by atoms with Gasteiger partial charge in [-0.25, -0.2) is 9.37 Å². The summed E-state index contributed by atoms with van der Waals surface area (Å²) in [5.41, 5.74) is 15.5. The summed E-state index contributed by atoms with van der Waals surface area (Å²) >= 11 is 0. The molecule has 3 nitrogen and oxygen atoms in total. The van der Waals surface area contributed by atoms with Gasteiger partial charge < -0.3 is 11.5 Å². The molecule has 0 spiro atoms. The number of pyridine rings is 1. The van der Waals surface area contributed by atoms with Gasteiger partial charge in [0.15, 0.2) is 0 Å². The molecule has 0 bridgehead atoms. The van der Waals surface area contributed by atoms with Gasteiger partial charge in [-0.05, 0) is 54.5 Å². The zero-order valence-corrected chi connectivity index (χ0v) is 10.6. The van der Waals surface area contributed by atoms with Gasteiger partial charge in [-0.1, -0.05) is 12.1 Å². The van der Waals surface area contributed by atoms with Crippen molar-refractivity contribution in [3.05, 3.63) is 53.0 Å².